The summed E-state index contributed by atoms with van der Waals surface area (Å²) < 4.78 is 6.37. The van der Waals surface area contributed by atoms with Gasteiger partial charge in [0.2, 0.25) is 5.88 Å². The number of ether oxygens (including phenoxy) is 1. The molecule has 1 aromatic heterocycles. The van der Waals surface area contributed by atoms with Crippen molar-refractivity contribution in [3.05, 3.63) is 40.8 Å². The van der Waals surface area contributed by atoms with Crippen molar-refractivity contribution < 1.29 is 4.74 Å². The predicted molar refractivity (Wildman–Crippen MR) is 72.8 cm³/mol. The molecule has 0 N–H and O–H groups in total. The molecule has 0 aliphatic rings. The molecule has 0 unspecified atom stereocenters. The summed E-state index contributed by atoms with van der Waals surface area (Å²) in [6, 6.07) is 9.63. The number of hydrogen-bond acceptors (Lipinski definition) is 4. The van der Waals surface area contributed by atoms with Crippen molar-refractivity contribution in [1.29, 1.82) is 0 Å². The Balaban J connectivity index is 2.19. The lowest BCUT2D eigenvalue weighted by molar-refractivity contribution is 0.458. The van der Waals surface area contributed by atoms with Crippen LogP contribution >= 0.6 is 27.7 Å². The van der Waals surface area contributed by atoms with E-state index in [1.54, 1.807) is 17.8 Å². The fraction of sp³-hybridized carbons (Fsp3) is 0.167. The van der Waals surface area contributed by atoms with Gasteiger partial charge in [-0.2, -0.15) is 4.98 Å². The summed E-state index contributed by atoms with van der Waals surface area (Å²) in [5.74, 6) is 1.99. The number of hydrogen-bond donors (Lipinski definition) is 0. The highest BCUT2D eigenvalue weighted by Gasteiger charge is 2.02. The van der Waals surface area contributed by atoms with Crippen molar-refractivity contribution in [2.45, 2.75) is 11.8 Å². The Morgan fingerprint density at radius 2 is 1.88 bits per heavy atom. The molecule has 0 aliphatic carbocycles. The molecule has 0 spiro atoms. The number of nitrogens with zero attached hydrogens (tertiary/aromatic N) is 2. The smallest absolute Gasteiger partial charge is 0.223 e. The van der Waals surface area contributed by atoms with Gasteiger partial charge in [0.05, 0.1) is 0 Å². The first-order valence-electron chi connectivity index (χ1n) is 5.00. The Hall–Kier alpha value is -1.07. The van der Waals surface area contributed by atoms with Gasteiger partial charge < -0.3 is 4.74 Å². The molecule has 5 heteroatoms. The summed E-state index contributed by atoms with van der Waals surface area (Å²) in [5.41, 5.74) is 0. The third-order valence-corrected chi connectivity index (χ3v) is 3.21. The summed E-state index contributed by atoms with van der Waals surface area (Å²) in [7, 11) is 0. The maximum absolute atomic E-state index is 5.65. The summed E-state index contributed by atoms with van der Waals surface area (Å²) in [6.45, 7) is 1.83. The molecular weight excluding hydrogens is 300 g/mol. The molecular formula is C12H11BrN2OS. The van der Waals surface area contributed by atoms with Crippen molar-refractivity contribution in [3.8, 4) is 11.6 Å². The van der Waals surface area contributed by atoms with Gasteiger partial charge >= 0.3 is 0 Å². The maximum Gasteiger partial charge on any atom is 0.223 e. The number of rotatable bonds is 3. The molecule has 2 rings (SSSR count). The van der Waals surface area contributed by atoms with Crippen LogP contribution in [0.5, 0.6) is 11.6 Å². The van der Waals surface area contributed by atoms with E-state index in [1.165, 1.54) is 4.90 Å². The second-order valence-electron chi connectivity index (χ2n) is 3.35. The van der Waals surface area contributed by atoms with E-state index in [4.69, 9.17) is 4.74 Å². The third-order valence-electron chi connectivity index (χ3n) is 2.07. The van der Waals surface area contributed by atoms with Crippen LogP contribution in [0.3, 0.4) is 0 Å². The molecule has 0 aliphatic heterocycles. The highest BCUT2D eigenvalue weighted by atomic mass is 79.9. The van der Waals surface area contributed by atoms with Crippen LogP contribution < -0.4 is 4.74 Å². The molecule has 1 heterocycles. The van der Waals surface area contributed by atoms with Crippen LogP contribution in [0.2, 0.25) is 0 Å². The summed E-state index contributed by atoms with van der Waals surface area (Å²) in [6.07, 6.45) is 2.04. The molecule has 0 saturated carbocycles. The van der Waals surface area contributed by atoms with Crippen molar-refractivity contribution in [3.63, 3.8) is 0 Å². The Morgan fingerprint density at radius 1 is 1.18 bits per heavy atom. The van der Waals surface area contributed by atoms with Gasteiger partial charge in [-0.25, -0.2) is 4.98 Å². The van der Waals surface area contributed by atoms with Crippen LogP contribution in [-0.4, -0.2) is 16.2 Å². The van der Waals surface area contributed by atoms with Gasteiger partial charge in [-0.15, -0.1) is 11.8 Å². The second kappa shape index (κ2) is 5.51. The first-order chi connectivity index (χ1) is 8.17. The van der Waals surface area contributed by atoms with E-state index in [9.17, 15) is 0 Å². The zero-order valence-corrected chi connectivity index (χ0v) is 11.9. The molecule has 0 bridgehead atoms. The summed E-state index contributed by atoms with van der Waals surface area (Å²) >= 11 is 5.01. The lowest BCUT2D eigenvalue weighted by atomic mass is 10.3. The Morgan fingerprint density at radius 3 is 2.47 bits per heavy atom. The molecule has 0 fully saturated rings. The monoisotopic (exact) mass is 310 g/mol. The van der Waals surface area contributed by atoms with Crippen molar-refractivity contribution >= 4 is 27.7 Å². The standard InChI is InChI=1S/C12H11BrN2OS/c1-8-14-11(13)7-12(15-8)16-9-3-5-10(17-2)6-4-9/h3-7H,1-2H3. The van der Waals surface area contributed by atoms with Crippen molar-refractivity contribution in [2.24, 2.45) is 0 Å². The molecule has 0 amide bonds. The first kappa shape index (κ1) is 12.4. The van der Waals surface area contributed by atoms with Crippen molar-refractivity contribution in [2.75, 3.05) is 6.26 Å². The highest BCUT2D eigenvalue weighted by Crippen LogP contribution is 2.24. The first-order valence-corrected chi connectivity index (χ1v) is 7.02. The van der Waals surface area contributed by atoms with Gasteiger partial charge in [-0.05, 0) is 53.4 Å². The number of halogens is 1. The van der Waals surface area contributed by atoms with E-state index in [-0.39, 0.29) is 0 Å². The minimum atomic E-state index is 0.543. The zero-order valence-electron chi connectivity index (χ0n) is 9.48. The predicted octanol–water partition coefficient (Wildman–Crippen LogP) is 4.06. The van der Waals surface area contributed by atoms with Gasteiger partial charge in [0, 0.05) is 11.0 Å². The van der Waals surface area contributed by atoms with Gasteiger partial charge in [0.25, 0.3) is 0 Å². The average Bonchev–Trinajstić information content (AvgIpc) is 2.28. The summed E-state index contributed by atoms with van der Waals surface area (Å²) in [5, 5.41) is 0. The third kappa shape index (κ3) is 3.44. The van der Waals surface area contributed by atoms with E-state index < -0.39 is 0 Å². The highest BCUT2D eigenvalue weighted by molar-refractivity contribution is 9.10. The van der Waals surface area contributed by atoms with E-state index in [0.717, 1.165) is 10.4 Å². The van der Waals surface area contributed by atoms with Gasteiger partial charge in [-0.1, -0.05) is 0 Å². The Bertz CT molecular complexity index is 496. The van der Waals surface area contributed by atoms with E-state index in [0.29, 0.717) is 11.7 Å². The zero-order chi connectivity index (χ0) is 12.3. The molecule has 1 aromatic carbocycles. The minimum absolute atomic E-state index is 0.543. The fourth-order valence-corrected chi connectivity index (χ4v) is 2.18. The normalized spacial score (nSPS) is 10.3. The molecule has 17 heavy (non-hydrogen) atoms. The molecule has 0 atom stereocenters. The minimum Gasteiger partial charge on any atom is -0.439 e. The van der Waals surface area contributed by atoms with E-state index in [2.05, 4.69) is 25.9 Å². The topological polar surface area (TPSA) is 35.0 Å². The molecule has 88 valence electrons. The van der Waals surface area contributed by atoms with Gasteiger partial charge in [-0.3, -0.25) is 0 Å². The number of aromatic nitrogens is 2. The molecule has 0 saturated heterocycles. The Kier molecular flexibility index (Phi) is 4.02. The van der Waals surface area contributed by atoms with Crippen LogP contribution in [0, 0.1) is 6.92 Å². The molecule has 2 aromatic rings. The lowest BCUT2D eigenvalue weighted by Crippen LogP contribution is -1.93. The number of aryl methyl sites for hydroxylation is 1. The van der Waals surface area contributed by atoms with E-state index in [1.807, 2.05) is 37.4 Å². The van der Waals surface area contributed by atoms with Crippen LogP contribution in [0.4, 0.5) is 0 Å². The number of thioether (sulfide) groups is 1. The number of benzene rings is 1. The molecule has 0 radical (unpaired) electrons. The van der Waals surface area contributed by atoms with E-state index >= 15 is 0 Å². The second-order valence-corrected chi connectivity index (χ2v) is 5.05. The fourth-order valence-electron chi connectivity index (χ4n) is 1.32. The molecule has 3 nitrogen and oxygen atoms in total. The largest absolute Gasteiger partial charge is 0.439 e. The van der Waals surface area contributed by atoms with Gasteiger partial charge in [0.15, 0.2) is 0 Å². The van der Waals surface area contributed by atoms with Crippen LogP contribution in [0.1, 0.15) is 5.82 Å². The average molecular weight is 311 g/mol. The van der Waals surface area contributed by atoms with Crippen molar-refractivity contribution in [1.82, 2.24) is 9.97 Å². The van der Waals surface area contributed by atoms with Crippen LogP contribution in [0.25, 0.3) is 0 Å². The van der Waals surface area contributed by atoms with Gasteiger partial charge in [0.1, 0.15) is 16.2 Å². The SMILES string of the molecule is CSc1ccc(Oc2cc(Br)nc(C)n2)cc1. The quantitative estimate of drug-likeness (QED) is 0.632. The Labute approximate surface area is 113 Å². The lowest BCUT2D eigenvalue weighted by Gasteiger charge is -2.06. The van der Waals surface area contributed by atoms with Crippen LogP contribution in [-0.2, 0) is 0 Å². The maximum atomic E-state index is 5.65. The van der Waals surface area contributed by atoms with Crippen LogP contribution in [0.15, 0.2) is 39.8 Å². The summed E-state index contributed by atoms with van der Waals surface area (Å²) in [4.78, 5) is 9.53.